The molecular weight excluding hydrogens is 270 g/mol. The van der Waals surface area contributed by atoms with Gasteiger partial charge in [0.05, 0.1) is 4.92 Å². The van der Waals surface area contributed by atoms with Crippen molar-refractivity contribution in [2.24, 2.45) is 0 Å². The SMILES string of the molecule is Nc1ccc(NCc2ccc([N+](=O)[O-])cc2)c(CCO)c1. The van der Waals surface area contributed by atoms with Crippen LogP contribution in [0.15, 0.2) is 42.5 Å². The number of aliphatic hydroxyl groups is 1. The van der Waals surface area contributed by atoms with Gasteiger partial charge in [0.25, 0.3) is 5.69 Å². The molecule has 2 rings (SSSR count). The Morgan fingerprint density at radius 2 is 1.90 bits per heavy atom. The van der Waals surface area contributed by atoms with Crippen molar-refractivity contribution >= 4 is 17.1 Å². The maximum Gasteiger partial charge on any atom is 0.269 e. The topological polar surface area (TPSA) is 101 Å². The molecule has 0 saturated carbocycles. The van der Waals surface area contributed by atoms with Crippen molar-refractivity contribution in [1.29, 1.82) is 0 Å². The van der Waals surface area contributed by atoms with Gasteiger partial charge < -0.3 is 16.2 Å². The van der Waals surface area contributed by atoms with Gasteiger partial charge in [-0.2, -0.15) is 0 Å². The molecule has 4 N–H and O–H groups in total. The lowest BCUT2D eigenvalue weighted by Crippen LogP contribution is -2.04. The number of nitrogens with zero attached hydrogens (tertiary/aromatic N) is 1. The molecule has 0 aliphatic rings. The van der Waals surface area contributed by atoms with Gasteiger partial charge in [-0.05, 0) is 35.7 Å². The molecule has 6 nitrogen and oxygen atoms in total. The van der Waals surface area contributed by atoms with Crippen LogP contribution >= 0.6 is 0 Å². The zero-order valence-electron chi connectivity index (χ0n) is 11.5. The maximum atomic E-state index is 10.6. The average molecular weight is 287 g/mol. The fourth-order valence-corrected chi connectivity index (χ4v) is 2.05. The van der Waals surface area contributed by atoms with Crippen molar-refractivity contribution in [3.8, 4) is 0 Å². The third kappa shape index (κ3) is 3.93. The molecule has 2 aromatic rings. The molecule has 0 atom stereocenters. The van der Waals surface area contributed by atoms with Gasteiger partial charge in [0, 0.05) is 36.7 Å². The molecule has 0 amide bonds. The summed E-state index contributed by atoms with van der Waals surface area (Å²) in [5.41, 5.74) is 9.25. The first-order valence-corrected chi connectivity index (χ1v) is 6.56. The van der Waals surface area contributed by atoms with Crippen molar-refractivity contribution in [1.82, 2.24) is 0 Å². The number of rotatable bonds is 6. The fraction of sp³-hybridized carbons (Fsp3) is 0.200. The van der Waals surface area contributed by atoms with E-state index < -0.39 is 4.92 Å². The third-order valence-electron chi connectivity index (χ3n) is 3.14. The van der Waals surface area contributed by atoms with E-state index in [2.05, 4.69) is 5.32 Å². The predicted octanol–water partition coefficient (Wildman–Crippen LogP) is 2.32. The standard InChI is InChI=1S/C15H17N3O3/c16-13-3-6-15(12(9-13)7-8-19)17-10-11-1-4-14(5-2-11)18(20)21/h1-6,9,17,19H,7-8,10,16H2. The highest BCUT2D eigenvalue weighted by Crippen LogP contribution is 2.21. The molecule has 2 aromatic carbocycles. The van der Waals surface area contributed by atoms with Gasteiger partial charge in [-0.1, -0.05) is 12.1 Å². The van der Waals surface area contributed by atoms with Crippen LogP contribution in [0.4, 0.5) is 17.1 Å². The van der Waals surface area contributed by atoms with E-state index in [0.29, 0.717) is 18.7 Å². The summed E-state index contributed by atoms with van der Waals surface area (Å²) in [5.74, 6) is 0. The van der Waals surface area contributed by atoms with Crippen molar-refractivity contribution in [3.63, 3.8) is 0 Å². The van der Waals surface area contributed by atoms with E-state index in [1.54, 1.807) is 18.2 Å². The molecule has 0 saturated heterocycles. The van der Waals surface area contributed by atoms with Gasteiger partial charge in [0.2, 0.25) is 0 Å². The third-order valence-corrected chi connectivity index (χ3v) is 3.14. The molecule has 21 heavy (non-hydrogen) atoms. The van der Waals surface area contributed by atoms with Crippen molar-refractivity contribution < 1.29 is 10.0 Å². The van der Waals surface area contributed by atoms with Gasteiger partial charge >= 0.3 is 0 Å². The summed E-state index contributed by atoms with van der Waals surface area (Å²) in [6, 6.07) is 11.9. The number of benzene rings is 2. The van der Waals surface area contributed by atoms with Crippen LogP contribution in [0.5, 0.6) is 0 Å². The molecule has 0 aliphatic heterocycles. The van der Waals surface area contributed by atoms with E-state index >= 15 is 0 Å². The minimum Gasteiger partial charge on any atom is -0.399 e. The zero-order chi connectivity index (χ0) is 15.2. The van der Waals surface area contributed by atoms with Crippen LogP contribution in [0.1, 0.15) is 11.1 Å². The molecule has 0 aliphatic carbocycles. The number of nitro benzene ring substituents is 1. The largest absolute Gasteiger partial charge is 0.399 e. The summed E-state index contributed by atoms with van der Waals surface area (Å²) < 4.78 is 0. The number of hydrogen-bond acceptors (Lipinski definition) is 5. The van der Waals surface area contributed by atoms with Crippen LogP contribution in [0, 0.1) is 10.1 Å². The molecule has 0 heterocycles. The van der Waals surface area contributed by atoms with Gasteiger partial charge in [0.1, 0.15) is 0 Å². The second kappa shape index (κ2) is 6.71. The lowest BCUT2D eigenvalue weighted by atomic mass is 10.1. The minimum atomic E-state index is -0.420. The Morgan fingerprint density at radius 3 is 2.52 bits per heavy atom. The Balaban J connectivity index is 2.07. The Morgan fingerprint density at radius 1 is 1.19 bits per heavy atom. The Kier molecular flexibility index (Phi) is 4.73. The normalized spacial score (nSPS) is 10.3. The second-order valence-corrected chi connectivity index (χ2v) is 4.67. The molecular formula is C15H17N3O3. The summed E-state index contributed by atoms with van der Waals surface area (Å²) in [5, 5.41) is 22.9. The highest BCUT2D eigenvalue weighted by atomic mass is 16.6. The molecule has 0 bridgehead atoms. The van der Waals surface area contributed by atoms with Crippen LogP contribution in [0.3, 0.4) is 0 Å². The van der Waals surface area contributed by atoms with Crippen molar-refractivity contribution in [3.05, 3.63) is 63.7 Å². The quantitative estimate of drug-likeness (QED) is 0.430. The summed E-state index contributed by atoms with van der Waals surface area (Å²) >= 11 is 0. The van der Waals surface area contributed by atoms with Crippen LogP contribution in [-0.2, 0) is 13.0 Å². The molecule has 6 heteroatoms. The Hall–Kier alpha value is -2.60. The first kappa shape index (κ1) is 14.8. The van der Waals surface area contributed by atoms with Gasteiger partial charge in [-0.25, -0.2) is 0 Å². The van der Waals surface area contributed by atoms with Crippen LogP contribution in [0.2, 0.25) is 0 Å². The van der Waals surface area contributed by atoms with E-state index in [1.165, 1.54) is 12.1 Å². The van der Waals surface area contributed by atoms with E-state index in [1.807, 2.05) is 12.1 Å². The number of anilines is 2. The number of non-ortho nitro benzene ring substituents is 1. The highest BCUT2D eigenvalue weighted by molar-refractivity contribution is 5.58. The van der Waals surface area contributed by atoms with Gasteiger partial charge in [-0.3, -0.25) is 10.1 Å². The number of aliphatic hydroxyl groups excluding tert-OH is 1. The number of nitro groups is 1. The van der Waals surface area contributed by atoms with Gasteiger partial charge in [0.15, 0.2) is 0 Å². The van der Waals surface area contributed by atoms with Crippen LogP contribution < -0.4 is 11.1 Å². The zero-order valence-corrected chi connectivity index (χ0v) is 11.5. The molecule has 0 radical (unpaired) electrons. The number of nitrogens with one attached hydrogen (secondary N) is 1. The maximum absolute atomic E-state index is 10.6. The number of nitrogen functional groups attached to an aromatic ring is 1. The van der Waals surface area contributed by atoms with Crippen LogP contribution in [-0.4, -0.2) is 16.6 Å². The minimum absolute atomic E-state index is 0.0513. The average Bonchev–Trinajstić information content (AvgIpc) is 2.47. The lowest BCUT2D eigenvalue weighted by molar-refractivity contribution is -0.384. The van der Waals surface area contributed by atoms with Gasteiger partial charge in [-0.15, -0.1) is 0 Å². The Labute approximate surface area is 122 Å². The summed E-state index contributed by atoms with van der Waals surface area (Å²) in [6.07, 6.45) is 0.521. The van der Waals surface area contributed by atoms with Crippen LogP contribution in [0.25, 0.3) is 0 Å². The summed E-state index contributed by atoms with van der Waals surface area (Å²) in [4.78, 5) is 10.2. The van der Waals surface area contributed by atoms with E-state index in [0.717, 1.165) is 16.8 Å². The second-order valence-electron chi connectivity index (χ2n) is 4.67. The number of hydrogen-bond donors (Lipinski definition) is 3. The summed E-state index contributed by atoms with van der Waals surface area (Å²) in [6.45, 7) is 0.593. The van der Waals surface area contributed by atoms with E-state index in [4.69, 9.17) is 10.8 Å². The molecule has 0 spiro atoms. The van der Waals surface area contributed by atoms with Crippen molar-refractivity contribution in [2.75, 3.05) is 17.7 Å². The number of nitrogens with two attached hydrogens (primary N) is 1. The lowest BCUT2D eigenvalue weighted by Gasteiger charge is -2.12. The molecule has 110 valence electrons. The first-order valence-electron chi connectivity index (χ1n) is 6.56. The van der Waals surface area contributed by atoms with E-state index in [9.17, 15) is 10.1 Å². The summed E-state index contributed by atoms with van der Waals surface area (Å²) in [7, 11) is 0. The molecule has 0 fully saturated rings. The molecule has 0 unspecified atom stereocenters. The van der Waals surface area contributed by atoms with Crippen molar-refractivity contribution in [2.45, 2.75) is 13.0 Å². The van der Waals surface area contributed by atoms with E-state index in [-0.39, 0.29) is 12.3 Å². The first-order chi connectivity index (χ1) is 10.1. The highest BCUT2D eigenvalue weighted by Gasteiger charge is 2.05. The molecule has 0 aromatic heterocycles. The Bertz CT molecular complexity index is 627. The smallest absolute Gasteiger partial charge is 0.269 e. The monoisotopic (exact) mass is 287 g/mol. The predicted molar refractivity (Wildman–Crippen MR) is 82.1 cm³/mol. The fourth-order valence-electron chi connectivity index (χ4n) is 2.05.